The van der Waals surface area contributed by atoms with E-state index < -0.39 is 5.41 Å². The predicted molar refractivity (Wildman–Crippen MR) is 153 cm³/mol. The summed E-state index contributed by atoms with van der Waals surface area (Å²) in [5.74, 6) is -0.300. The molecule has 0 radical (unpaired) electrons. The molecule has 4 nitrogen and oxygen atoms in total. The summed E-state index contributed by atoms with van der Waals surface area (Å²) in [5.41, 5.74) is 1.55. The van der Waals surface area contributed by atoms with E-state index in [1.807, 2.05) is 44.2 Å². The van der Waals surface area contributed by atoms with Crippen LogP contribution in [0.25, 0.3) is 0 Å². The number of benzene rings is 2. The molecule has 2 aromatic carbocycles. The van der Waals surface area contributed by atoms with E-state index in [2.05, 4.69) is 6.92 Å². The molecule has 0 heterocycles. The van der Waals surface area contributed by atoms with E-state index in [0.717, 1.165) is 18.4 Å². The first kappa shape index (κ1) is 30.7. The predicted octanol–water partition coefficient (Wildman–Crippen LogP) is 8.99. The molecule has 4 heteroatoms. The maximum Gasteiger partial charge on any atom is 0.310 e. The van der Waals surface area contributed by atoms with Crippen molar-refractivity contribution in [1.29, 1.82) is 0 Å². The Balaban J connectivity index is 1.60. The van der Waals surface area contributed by atoms with E-state index in [-0.39, 0.29) is 23.9 Å². The highest BCUT2D eigenvalue weighted by Gasteiger charge is 2.27. The van der Waals surface area contributed by atoms with Crippen LogP contribution in [0, 0.1) is 0 Å². The fourth-order valence-electron chi connectivity index (χ4n) is 4.96. The van der Waals surface area contributed by atoms with E-state index in [9.17, 15) is 15.0 Å². The van der Waals surface area contributed by atoms with E-state index in [0.29, 0.717) is 17.7 Å². The number of carbonyl (C=O) groups is 1. The van der Waals surface area contributed by atoms with Gasteiger partial charge in [0.2, 0.25) is 0 Å². The Labute approximate surface area is 225 Å². The van der Waals surface area contributed by atoms with Crippen LogP contribution in [-0.4, -0.2) is 22.8 Å². The molecule has 0 spiro atoms. The number of unbranched alkanes of at least 4 members (excludes halogenated alkanes) is 13. The summed E-state index contributed by atoms with van der Waals surface area (Å²) in [6.45, 7) is 6.67. The lowest BCUT2D eigenvalue weighted by molar-refractivity contribution is -0.143. The minimum absolute atomic E-state index is 0.00486. The van der Waals surface area contributed by atoms with Crippen molar-refractivity contribution in [2.75, 3.05) is 6.61 Å². The summed E-state index contributed by atoms with van der Waals surface area (Å²) in [7, 11) is 0. The number of rotatable bonds is 19. The maximum absolute atomic E-state index is 12.3. The molecule has 0 aliphatic heterocycles. The number of ether oxygens (including phenoxy) is 1. The third kappa shape index (κ3) is 11.2. The van der Waals surface area contributed by atoms with Crippen molar-refractivity contribution in [1.82, 2.24) is 0 Å². The molecule has 2 rings (SSSR count). The molecule has 2 N–H and O–H groups in total. The van der Waals surface area contributed by atoms with Gasteiger partial charge < -0.3 is 14.9 Å². The fraction of sp³-hybridized carbons (Fsp3) is 0.606. The first-order valence-electron chi connectivity index (χ1n) is 14.6. The molecule has 0 aliphatic carbocycles. The van der Waals surface area contributed by atoms with E-state index in [4.69, 9.17) is 4.74 Å². The Morgan fingerprint density at radius 2 is 1.24 bits per heavy atom. The van der Waals surface area contributed by atoms with Crippen LogP contribution >= 0.6 is 0 Å². The molecule has 0 unspecified atom stereocenters. The van der Waals surface area contributed by atoms with E-state index in [1.54, 1.807) is 6.07 Å². The number of phenols is 2. The number of carbonyl (C=O) groups excluding carboxylic acids is 1. The van der Waals surface area contributed by atoms with Crippen molar-refractivity contribution in [2.24, 2.45) is 0 Å². The van der Waals surface area contributed by atoms with Gasteiger partial charge in [-0.05, 0) is 24.1 Å². The van der Waals surface area contributed by atoms with Gasteiger partial charge in [-0.25, -0.2) is 0 Å². The Hall–Kier alpha value is -2.49. The van der Waals surface area contributed by atoms with Gasteiger partial charge in [0.05, 0.1) is 13.0 Å². The second kappa shape index (κ2) is 17.1. The smallest absolute Gasteiger partial charge is 0.310 e. The summed E-state index contributed by atoms with van der Waals surface area (Å²) in [4.78, 5) is 12.3. The van der Waals surface area contributed by atoms with Crippen molar-refractivity contribution in [3.63, 3.8) is 0 Å². The fourth-order valence-corrected chi connectivity index (χ4v) is 4.96. The molecule has 0 aliphatic rings. The van der Waals surface area contributed by atoms with Gasteiger partial charge in [0.25, 0.3) is 0 Å². The molecule has 0 bridgehead atoms. The first-order chi connectivity index (χ1) is 17.9. The Morgan fingerprint density at radius 3 is 1.78 bits per heavy atom. The maximum atomic E-state index is 12.3. The van der Waals surface area contributed by atoms with Gasteiger partial charge in [0.15, 0.2) is 0 Å². The molecule has 0 atom stereocenters. The molecule has 0 saturated carbocycles. The average molecular weight is 511 g/mol. The molecular weight excluding hydrogens is 460 g/mol. The number of phenolic OH excluding ortho intramolecular Hbond substituents is 2. The van der Waals surface area contributed by atoms with Crippen LogP contribution in [0.5, 0.6) is 11.5 Å². The molecule has 37 heavy (non-hydrogen) atoms. The zero-order valence-electron chi connectivity index (χ0n) is 23.6. The van der Waals surface area contributed by atoms with Crippen LogP contribution in [0.15, 0.2) is 42.5 Å². The topological polar surface area (TPSA) is 66.8 Å². The van der Waals surface area contributed by atoms with Gasteiger partial charge >= 0.3 is 5.97 Å². The van der Waals surface area contributed by atoms with Crippen molar-refractivity contribution in [3.05, 3.63) is 59.2 Å². The van der Waals surface area contributed by atoms with Gasteiger partial charge in [0.1, 0.15) is 11.5 Å². The van der Waals surface area contributed by atoms with Crippen LogP contribution in [0.1, 0.15) is 127 Å². The van der Waals surface area contributed by atoms with Crippen LogP contribution in [0.2, 0.25) is 0 Å². The highest BCUT2D eigenvalue weighted by Crippen LogP contribution is 2.40. The second-order valence-electron chi connectivity index (χ2n) is 11.0. The lowest BCUT2D eigenvalue weighted by Crippen LogP contribution is -2.19. The summed E-state index contributed by atoms with van der Waals surface area (Å²) in [6.07, 6.45) is 18.0. The third-order valence-electron chi connectivity index (χ3n) is 7.46. The number of hydrogen-bond acceptors (Lipinski definition) is 4. The van der Waals surface area contributed by atoms with E-state index >= 15 is 0 Å². The number of aromatic hydroxyl groups is 2. The number of hydrogen-bond donors (Lipinski definition) is 2. The zero-order chi connectivity index (χ0) is 26.9. The zero-order valence-corrected chi connectivity index (χ0v) is 23.6. The van der Waals surface area contributed by atoms with E-state index in [1.165, 1.54) is 83.1 Å². The van der Waals surface area contributed by atoms with Gasteiger partial charge in [-0.15, -0.1) is 0 Å². The molecule has 0 saturated heterocycles. The van der Waals surface area contributed by atoms with Gasteiger partial charge in [0, 0.05) is 16.5 Å². The van der Waals surface area contributed by atoms with Crippen LogP contribution in [0.3, 0.4) is 0 Å². The van der Waals surface area contributed by atoms with Crippen molar-refractivity contribution in [3.8, 4) is 11.5 Å². The van der Waals surface area contributed by atoms with Crippen molar-refractivity contribution >= 4 is 5.97 Å². The monoisotopic (exact) mass is 510 g/mol. The van der Waals surface area contributed by atoms with Crippen LogP contribution < -0.4 is 0 Å². The van der Waals surface area contributed by atoms with Crippen LogP contribution in [0.4, 0.5) is 0 Å². The van der Waals surface area contributed by atoms with Gasteiger partial charge in [-0.1, -0.05) is 135 Å². The minimum Gasteiger partial charge on any atom is -0.508 e. The summed E-state index contributed by atoms with van der Waals surface area (Å²) < 4.78 is 5.38. The molecule has 2 aromatic rings. The Kier molecular flexibility index (Phi) is 14.2. The molecule has 0 fully saturated rings. The van der Waals surface area contributed by atoms with Gasteiger partial charge in [-0.3, -0.25) is 4.79 Å². The van der Waals surface area contributed by atoms with Crippen molar-refractivity contribution in [2.45, 2.75) is 122 Å². The largest absolute Gasteiger partial charge is 0.508 e. The summed E-state index contributed by atoms with van der Waals surface area (Å²) in [6, 6.07) is 12.9. The minimum atomic E-state index is -0.490. The third-order valence-corrected chi connectivity index (χ3v) is 7.46. The summed E-state index contributed by atoms with van der Waals surface area (Å²) in [5, 5.41) is 21.2. The molecule has 0 amide bonds. The lowest BCUT2D eigenvalue weighted by Gasteiger charge is -2.27. The Morgan fingerprint density at radius 1 is 0.730 bits per heavy atom. The first-order valence-corrected chi connectivity index (χ1v) is 14.6. The lowest BCUT2D eigenvalue weighted by atomic mass is 9.77. The van der Waals surface area contributed by atoms with Crippen LogP contribution in [-0.2, 0) is 21.4 Å². The quantitative estimate of drug-likeness (QED) is 0.112. The molecular formula is C33H50O4. The average Bonchev–Trinajstić information content (AvgIpc) is 2.88. The standard InChI is InChI=1S/C33H50O4/c1-4-5-6-7-8-9-10-11-12-13-14-15-16-20-23-37-32(36)25-27-24-31(35)29(26-30(27)34)33(2,3)28-21-18-17-19-22-28/h17-19,21-22,24,26,34-35H,4-16,20,23,25H2,1-3H3. The Bertz CT molecular complexity index is 904. The summed E-state index contributed by atoms with van der Waals surface area (Å²) >= 11 is 0. The molecule has 0 aromatic heterocycles. The SMILES string of the molecule is CCCCCCCCCCCCCCCCOC(=O)Cc1cc(O)c(C(C)(C)c2ccccc2)cc1O. The molecule has 206 valence electrons. The number of esters is 1. The van der Waals surface area contributed by atoms with Gasteiger partial charge in [-0.2, -0.15) is 0 Å². The normalized spacial score (nSPS) is 11.5. The highest BCUT2D eigenvalue weighted by atomic mass is 16.5. The second-order valence-corrected chi connectivity index (χ2v) is 11.0. The van der Waals surface area contributed by atoms with Crippen molar-refractivity contribution < 1.29 is 19.7 Å². The highest BCUT2D eigenvalue weighted by molar-refractivity contribution is 5.74.